The predicted molar refractivity (Wildman–Crippen MR) is 142 cm³/mol. The summed E-state index contributed by atoms with van der Waals surface area (Å²) in [5.74, 6) is -5.00. The summed E-state index contributed by atoms with van der Waals surface area (Å²) in [5.41, 5.74) is 7.49. The maximum atomic E-state index is 13.7. The zero-order valence-electron chi connectivity index (χ0n) is 22.4. The maximum absolute atomic E-state index is 13.7. The molecule has 3 aliphatic carbocycles. The number of fused-ring (bicyclic) bond motifs is 2. The number of aliphatic hydroxyl groups excluding tert-OH is 1. The van der Waals surface area contributed by atoms with Crippen molar-refractivity contribution >= 4 is 17.3 Å². The molecule has 10 heteroatoms. The summed E-state index contributed by atoms with van der Waals surface area (Å²) in [4.78, 5) is 19.8. The number of aliphatic hydroxyl groups is 1. The molecule has 3 N–H and O–H groups in total. The lowest BCUT2D eigenvalue weighted by molar-refractivity contribution is -0.128. The molecule has 3 saturated carbocycles. The van der Waals surface area contributed by atoms with Gasteiger partial charge >= 0.3 is 6.18 Å². The number of nitrogens with zero attached hydrogens (tertiary/aromatic N) is 2. The van der Waals surface area contributed by atoms with Crippen LogP contribution in [0.2, 0.25) is 0 Å². The molecule has 3 aliphatic rings. The van der Waals surface area contributed by atoms with Crippen molar-refractivity contribution < 1.29 is 31.9 Å². The van der Waals surface area contributed by atoms with Gasteiger partial charge in [0.05, 0.1) is 0 Å². The van der Waals surface area contributed by atoms with E-state index in [1.54, 1.807) is 35.2 Å². The number of aromatic nitrogens is 1. The van der Waals surface area contributed by atoms with Crippen LogP contribution in [0.1, 0.15) is 69.5 Å². The number of rotatable bonds is 6. The molecule has 1 amide bonds. The SMILES string of the molecule is CC(F)(F)c1ccc(C23CCCC(C2)C(CN(C(=O)C2CC(=C(O)C(F)(F)F)C2)c2cccc(N)c2)CC3)nc1. The monoisotopic (exact) mass is 563 g/mol. The molecule has 5 nitrogen and oxygen atoms in total. The van der Waals surface area contributed by atoms with Gasteiger partial charge in [0.15, 0.2) is 5.76 Å². The maximum Gasteiger partial charge on any atom is 0.448 e. The molecule has 1 aromatic heterocycles. The number of nitrogens with two attached hydrogens (primary N) is 1. The Morgan fingerprint density at radius 2 is 1.88 bits per heavy atom. The summed E-state index contributed by atoms with van der Waals surface area (Å²) in [7, 11) is 0. The van der Waals surface area contributed by atoms with E-state index >= 15 is 0 Å². The molecule has 0 saturated heterocycles. The van der Waals surface area contributed by atoms with Crippen molar-refractivity contribution in [3.63, 3.8) is 0 Å². The quantitative estimate of drug-likeness (QED) is 0.218. The molecule has 3 unspecified atom stereocenters. The molecule has 0 aliphatic heterocycles. The minimum Gasteiger partial charge on any atom is -0.504 e. The van der Waals surface area contributed by atoms with E-state index in [0.29, 0.717) is 23.8 Å². The van der Waals surface area contributed by atoms with Gasteiger partial charge < -0.3 is 15.7 Å². The summed E-state index contributed by atoms with van der Waals surface area (Å²) >= 11 is 0. The predicted octanol–water partition coefficient (Wildman–Crippen LogP) is 7.43. The van der Waals surface area contributed by atoms with Crippen LogP contribution in [-0.2, 0) is 16.1 Å². The van der Waals surface area contributed by atoms with Crippen LogP contribution in [0.5, 0.6) is 0 Å². The Labute approximate surface area is 230 Å². The van der Waals surface area contributed by atoms with Crippen LogP contribution in [-0.4, -0.2) is 28.7 Å². The molecule has 0 spiro atoms. The first-order chi connectivity index (χ1) is 18.8. The number of carbonyl (C=O) groups is 1. The van der Waals surface area contributed by atoms with Gasteiger partial charge in [0.2, 0.25) is 5.91 Å². The molecular formula is C30H34F5N3O2. The van der Waals surface area contributed by atoms with E-state index in [1.807, 2.05) is 0 Å². The van der Waals surface area contributed by atoms with Crippen molar-refractivity contribution in [2.75, 3.05) is 17.2 Å². The lowest BCUT2D eigenvalue weighted by Gasteiger charge is -2.49. The number of allylic oxidation sites excluding steroid dienone is 2. The van der Waals surface area contributed by atoms with Crippen molar-refractivity contribution in [1.82, 2.24) is 4.98 Å². The second kappa shape index (κ2) is 10.3. The fraction of sp³-hybridized carbons (Fsp3) is 0.533. The van der Waals surface area contributed by atoms with E-state index < -0.39 is 23.8 Å². The third-order valence-corrected chi connectivity index (χ3v) is 9.16. The van der Waals surface area contributed by atoms with Crippen LogP contribution in [0.4, 0.5) is 33.3 Å². The van der Waals surface area contributed by atoms with E-state index in [0.717, 1.165) is 51.1 Å². The highest BCUT2D eigenvalue weighted by molar-refractivity contribution is 5.96. The van der Waals surface area contributed by atoms with E-state index in [2.05, 4.69) is 4.98 Å². The number of carbonyl (C=O) groups excluding carboxylic acids is 1. The van der Waals surface area contributed by atoms with Gasteiger partial charge in [-0.25, -0.2) is 8.78 Å². The molecule has 216 valence electrons. The number of nitrogen functional groups attached to an aromatic ring is 1. The second-order valence-electron chi connectivity index (χ2n) is 11.9. The summed E-state index contributed by atoms with van der Waals surface area (Å²) in [6.45, 7) is 1.27. The lowest BCUT2D eigenvalue weighted by Crippen LogP contribution is -2.48. The van der Waals surface area contributed by atoms with E-state index in [-0.39, 0.29) is 41.2 Å². The number of halogens is 5. The summed E-state index contributed by atoms with van der Waals surface area (Å²) in [6.07, 6.45) is 1.56. The zero-order chi connectivity index (χ0) is 28.9. The summed E-state index contributed by atoms with van der Waals surface area (Å²) in [6, 6.07) is 10.1. The minimum absolute atomic E-state index is 0.109. The van der Waals surface area contributed by atoms with Crippen LogP contribution < -0.4 is 10.6 Å². The highest BCUT2D eigenvalue weighted by Crippen LogP contribution is 2.53. The van der Waals surface area contributed by atoms with Crippen molar-refractivity contribution in [2.24, 2.45) is 17.8 Å². The normalized spacial score (nSPS) is 26.6. The van der Waals surface area contributed by atoms with Crippen LogP contribution in [0, 0.1) is 17.8 Å². The molecule has 3 atom stereocenters. The van der Waals surface area contributed by atoms with Crippen LogP contribution in [0.3, 0.4) is 0 Å². The Morgan fingerprint density at radius 1 is 1.12 bits per heavy atom. The molecule has 2 bridgehead atoms. The number of hydrogen-bond donors (Lipinski definition) is 2. The van der Waals surface area contributed by atoms with Gasteiger partial charge in [-0.2, -0.15) is 13.2 Å². The topological polar surface area (TPSA) is 79.5 Å². The smallest absolute Gasteiger partial charge is 0.448 e. The standard InChI is InChI=1S/C30H34F5N3O2/c1-28(31,32)22-7-8-25(37-16-22)29-10-3-4-18(15-29)19(9-11-29)17-38(24-6-2-5-23(36)14-24)27(40)21-12-20(13-21)26(39)30(33,34)35/h2,5-8,14,16,18-19,21,39H,3-4,9-13,15,17,36H2,1H3. The van der Waals surface area contributed by atoms with E-state index in [9.17, 15) is 31.9 Å². The number of amides is 1. The van der Waals surface area contributed by atoms with Crippen molar-refractivity contribution in [3.8, 4) is 0 Å². The highest BCUT2D eigenvalue weighted by Gasteiger charge is 2.47. The summed E-state index contributed by atoms with van der Waals surface area (Å²) in [5, 5.41) is 9.50. The fourth-order valence-electron chi connectivity index (χ4n) is 6.88. The number of anilines is 2. The number of pyridine rings is 1. The van der Waals surface area contributed by atoms with Crippen LogP contribution in [0.15, 0.2) is 53.9 Å². The van der Waals surface area contributed by atoms with E-state index in [1.165, 1.54) is 12.3 Å². The van der Waals surface area contributed by atoms with Gasteiger partial charge in [-0.3, -0.25) is 9.78 Å². The van der Waals surface area contributed by atoms with Gasteiger partial charge in [-0.05, 0) is 86.3 Å². The first-order valence-corrected chi connectivity index (χ1v) is 13.8. The minimum atomic E-state index is -4.82. The molecular weight excluding hydrogens is 529 g/mol. The van der Waals surface area contributed by atoms with Gasteiger partial charge in [0.1, 0.15) is 0 Å². The van der Waals surface area contributed by atoms with Crippen molar-refractivity contribution in [3.05, 3.63) is 65.2 Å². The molecule has 2 aromatic rings. The Balaban J connectivity index is 1.34. The Kier molecular flexibility index (Phi) is 7.33. The molecule has 3 fully saturated rings. The highest BCUT2D eigenvalue weighted by atomic mass is 19.4. The Morgan fingerprint density at radius 3 is 2.50 bits per heavy atom. The number of alkyl halides is 5. The van der Waals surface area contributed by atoms with Crippen molar-refractivity contribution in [2.45, 2.75) is 75.8 Å². The first-order valence-electron chi connectivity index (χ1n) is 13.8. The molecule has 40 heavy (non-hydrogen) atoms. The summed E-state index contributed by atoms with van der Waals surface area (Å²) < 4.78 is 66.2. The molecule has 1 aromatic carbocycles. The second-order valence-corrected chi connectivity index (χ2v) is 11.9. The Bertz CT molecular complexity index is 1280. The van der Waals surface area contributed by atoms with Gasteiger partial charge in [0, 0.05) is 53.6 Å². The lowest BCUT2D eigenvalue weighted by atomic mass is 9.57. The largest absolute Gasteiger partial charge is 0.504 e. The third-order valence-electron chi connectivity index (χ3n) is 9.16. The van der Waals surface area contributed by atoms with Gasteiger partial charge in [-0.1, -0.05) is 18.9 Å². The molecule has 5 rings (SSSR count). The van der Waals surface area contributed by atoms with Crippen molar-refractivity contribution in [1.29, 1.82) is 0 Å². The fourth-order valence-corrected chi connectivity index (χ4v) is 6.88. The first kappa shape index (κ1) is 28.4. The Hall–Kier alpha value is -3.17. The number of hydrogen-bond acceptors (Lipinski definition) is 4. The molecule has 1 heterocycles. The van der Waals surface area contributed by atoms with Crippen LogP contribution in [0.25, 0.3) is 0 Å². The van der Waals surface area contributed by atoms with Crippen LogP contribution >= 0.6 is 0 Å². The average Bonchev–Trinajstić information content (AvgIpc) is 2.86. The average molecular weight is 564 g/mol. The molecule has 0 radical (unpaired) electrons. The van der Waals surface area contributed by atoms with Gasteiger partial charge in [-0.15, -0.1) is 0 Å². The third kappa shape index (κ3) is 5.54. The van der Waals surface area contributed by atoms with Gasteiger partial charge in [0.25, 0.3) is 5.92 Å². The zero-order valence-corrected chi connectivity index (χ0v) is 22.4. The number of benzene rings is 1. The van der Waals surface area contributed by atoms with E-state index in [4.69, 9.17) is 5.73 Å².